The van der Waals surface area contributed by atoms with E-state index < -0.39 is 11.7 Å². The summed E-state index contributed by atoms with van der Waals surface area (Å²) in [5, 5.41) is 7.64. The monoisotopic (exact) mass is 442 g/mol. The molecule has 33 heavy (non-hydrogen) atoms. The number of carbonyl (C=O) groups is 1. The lowest BCUT2D eigenvalue weighted by atomic mass is 10.0. The van der Waals surface area contributed by atoms with Crippen molar-refractivity contribution < 1.29 is 13.7 Å². The second-order valence-corrected chi connectivity index (χ2v) is 8.73. The van der Waals surface area contributed by atoms with Gasteiger partial charge in [-0.15, -0.1) is 0 Å². The molecule has 0 unspecified atom stereocenters. The molecule has 0 radical (unpaired) electrons. The predicted molar refractivity (Wildman–Crippen MR) is 125 cm³/mol. The lowest BCUT2D eigenvalue weighted by molar-refractivity contribution is 0.102. The van der Waals surface area contributed by atoms with Crippen molar-refractivity contribution in [3.05, 3.63) is 71.7 Å². The number of aromatic nitrogens is 2. The van der Waals surface area contributed by atoms with E-state index in [1.54, 1.807) is 6.07 Å². The Morgan fingerprint density at radius 1 is 1.06 bits per heavy atom. The molecule has 7 heteroatoms. The number of hydrogen-bond donors (Lipinski definition) is 1. The first kappa shape index (κ1) is 19.9. The van der Waals surface area contributed by atoms with Crippen molar-refractivity contribution in [3.63, 3.8) is 0 Å². The lowest BCUT2D eigenvalue weighted by Crippen LogP contribution is -2.22. The molecule has 6 rings (SSSR count). The molecule has 1 N–H and O–H groups in total. The van der Waals surface area contributed by atoms with Crippen molar-refractivity contribution >= 4 is 28.4 Å². The fraction of sp³-hybridized carbons (Fsp3) is 0.269. The standard InChI is InChI=1S/C26H23FN4O2/c27-19-9-6-10-21(31-13-4-5-14-31)24(19)29-25(32)18-15-20(16-11-12-16)28-26-22(18)23(30-33-26)17-7-2-1-3-8-17/h1-3,6-10,15-16H,4-5,11-14H2,(H,29,32). The van der Waals surface area contributed by atoms with Gasteiger partial charge in [0.2, 0.25) is 0 Å². The zero-order valence-electron chi connectivity index (χ0n) is 18.1. The summed E-state index contributed by atoms with van der Waals surface area (Å²) in [6.45, 7) is 1.70. The van der Waals surface area contributed by atoms with Crippen LogP contribution in [-0.4, -0.2) is 29.1 Å². The highest BCUT2D eigenvalue weighted by Gasteiger charge is 2.30. The summed E-state index contributed by atoms with van der Waals surface area (Å²) in [5.41, 5.74) is 3.85. The number of fused-ring (bicyclic) bond motifs is 1. The average Bonchev–Trinajstić information content (AvgIpc) is 3.37. The topological polar surface area (TPSA) is 71.3 Å². The third kappa shape index (κ3) is 3.63. The molecule has 0 bridgehead atoms. The van der Waals surface area contributed by atoms with Gasteiger partial charge in [-0.1, -0.05) is 41.6 Å². The van der Waals surface area contributed by atoms with E-state index in [0.29, 0.717) is 34.0 Å². The molecule has 1 aliphatic carbocycles. The molecule has 0 spiro atoms. The van der Waals surface area contributed by atoms with Crippen LogP contribution in [-0.2, 0) is 0 Å². The van der Waals surface area contributed by atoms with Crippen LogP contribution in [0.2, 0.25) is 0 Å². The third-order valence-electron chi connectivity index (χ3n) is 6.43. The minimum Gasteiger partial charge on any atom is -0.370 e. The van der Waals surface area contributed by atoms with Gasteiger partial charge in [-0.25, -0.2) is 9.37 Å². The molecule has 1 amide bonds. The van der Waals surface area contributed by atoms with Crippen molar-refractivity contribution in [2.24, 2.45) is 0 Å². The van der Waals surface area contributed by atoms with Gasteiger partial charge < -0.3 is 14.7 Å². The van der Waals surface area contributed by atoms with Gasteiger partial charge in [0.05, 0.1) is 16.6 Å². The smallest absolute Gasteiger partial charge is 0.259 e. The number of hydrogen-bond acceptors (Lipinski definition) is 5. The number of pyridine rings is 1. The number of nitrogens with zero attached hydrogens (tertiary/aromatic N) is 3. The number of anilines is 2. The summed E-state index contributed by atoms with van der Waals surface area (Å²) in [7, 11) is 0. The molecule has 1 saturated heterocycles. The van der Waals surface area contributed by atoms with Crippen molar-refractivity contribution in [3.8, 4) is 11.3 Å². The zero-order valence-corrected chi connectivity index (χ0v) is 18.1. The summed E-state index contributed by atoms with van der Waals surface area (Å²) >= 11 is 0. The Morgan fingerprint density at radius 2 is 1.85 bits per heavy atom. The summed E-state index contributed by atoms with van der Waals surface area (Å²) in [5.74, 6) is -0.524. The van der Waals surface area contributed by atoms with Crippen LogP contribution >= 0.6 is 0 Å². The molecule has 2 aromatic carbocycles. The summed E-state index contributed by atoms with van der Waals surface area (Å²) in [6.07, 6.45) is 4.18. The van der Waals surface area contributed by atoms with E-state index in [-0.39, 0.29) is 5.69 Å². The van der Waals surface area contributed by atoms with Crippen LogP contribution < -0.4 is 10.2 Å². The van der Waals surface area contributed by atoms with Crippen LogP contribution in [0.15, 0.2) is 59.1 Å². The van der Waals surface area contributed by atoms with Gasteiger partial charge in [-0.2, -0.15) is 0 Å². The van der Waals surface area contributed by atoms with Crippen LogP contribution in [0.3, 0.4) is 0 Å². The Labute approximate surface area is 190 Å². The summed E-state index contributed by atoms with van der Waals surface area (Å²) in [6, 6.07) is 16.3. The molecule has 166 valence electrons. The maximum absolute atomic E-state index is 14.9. The van der Waals surface area contributed by atoms with Gasteiger partial charge in [-0.05, 0) is 43.9 Å². The Hall–Kier alpha value is -3.74. The lowest BCUT2D eigenvalue weighted by Gasteiger charge is -2.22. The minimum absolute atomic E-state index is 0.208. The molecule has 6 nitrogen and oxygen atoms in total. The van der Waals surface area contributed by atoms with Gasteiger partial charge in [0, 0.05) is 30.3 Å². The van der Waals surface area contributed by atoms with E-state index in [9.17, 15) is 9.18 Å². The zero-order chi connectivity index (χ0) is 22.4. The van der Waals surface area contributed by atoms with Crippen LogP contribution in [0.25, 0.3) is 22.4 Å². The molecule has 2 fully saturated rings. The van der Waals surface area contributed by atoms with Crippen molar-refractivity contribution in [1.82, 2.24) is 10.1 Å². The van der Waals surface area contributed by atoms with Crippen LogP contribution in [0.4, 0.5) is 15.8 Å². The number of carbonyl (C=O) groups excluding carboxylic acids is 1. The highest BCUT2D eigenvalue weighted by Crippen LogP contribution is 2.42. The minimum atomic E-state index is -0.450. The Bertz CT molecular complexity index is 1340. The molecule has 1 saturated carbocycles. The first-order valence-electron chi connectivity index (χ1n) is 11.4. The van der Waals surface area contributed by atoms with Crippen molar-refractivity contribution in [2.45, 2.75) is 31.6 Å². The fourth-order valence-electron chi connectivity index (χ4n) is 4.57. The first-order valence-corrected chi connectivity index (χ1v) is 11.4. The quantitative estimate of drug-likeness (QED) is 0.426. The molecule has 1 aliphatic heterocycles. The van der Waals surface area contributed by atoms with Crippen LogP contribution in [0, 0.1) is 5.82 Å². The highest BCUT2D eigenvalue weighted by atomic mass is 19.1. The summed E-state index contributed by atoms with van der Waals surface area (Å²) < 4.78 is 20.5. The van der Waals surface area contributed by atoms with Gasteiger partial charge in [0.25, 0.3) is 11.6 Å². The van der Waals surface area contributed by atoms with Crippen LogP contribution in [0.1, 0.15) is 47.7 Å². The number of benzene rings is 2. The SMILES string of the molecule is O=C(Nc1c(F)cccc1N1CCCC1)c1cc(C2CC2)nc2onc(-c3ccccc3)c12. The second-order valence-electron chi connectivity index (χ2n) is 8.73. The molecular weight excluding hydrogens is 419 g/mol. The maximum Gasteiger partial charge on any atom is 0.259 e. The largest absolute Gasteiger partial charge is 0.370 e. The number of nitrogens with one attached hydrogen (secondary N) is 1. The molecular formula is C26H23FN4O2. The van der Waals surface area contributed by atoms with Gasteiger partial charge in [0.1, 0.15) is 17.2 Å². The highest BCUT2D eigenvalue weighted by molar-refractivity contribution is 6.15. The van der Waals surface area contributed by atoms with Crippen LogP contribution in [0.5, 0.6) is 0 Å². The van der Waals surface area contributed by atoms with Gasteiger partial charge in [-0.3, -0.25) is 4.79 Å². The normalized spacial score (nSPS) is 15.8. The molecule has 2 aromatic heterocycles. The Kier molecular flexibility index (Phi) is 4.82. The number of rotatable bonds is 5. The Morgan fingerprint density at radius 3 is 2.61 bits per heavy atom. The predicted octanol–water partition coefficient (Wildman–Crippen LogP) is 5.76. The molecule has 0 atom stereocenters. The number of halogens is 1. The van der Waals surface area contributed by atoms with E-state index in [2.05, 4.69) is 20.4 Å². The van der Waals surface area contributed by atoms with Gasteiger partial charge in [0.15, 0.2) is 0 Å². The fourth-order valence-corrected chi connectivity index (χ4v) is 4.57. The van der Waals surface area contributed by atoms with E-state index >= 15 is 0 Å². The maximum atomic E-state index is 14.9. The molecule has 2 aliphatic rings. The van der Waals surface area contributed by atoms with E-state index in [4.69, 9.17) is 4.52 Å². The summed E-state index contributed by atoms with van der Waals surface area (Å²) in [4.78, 5) is 20.4. The van der Waals surface area contributed by atoms with E-state index in [1.807, 2.05) is 42.5 Å². The van der Waals surface area contributed by atoms with Crippen molar-refractivity contribution in [2.75, 3.05) is 23.3 Å². The van der Waals surface area contributed by atoms with Gasteiger partial charge >= 0.3 is 0 Å². The van der Waals surface area contributed by atoms with E-state index in [1.165, 1.54) is 6.07 Å². The van der Waals surface area contributed by atoms with E-state index in [0.717, 1.165) is 50.0 Å². The first-order chi connectivity index (χ1) is 16.2. The average molecular weight is 442 g/mol. The number of para-hydroxylation sites is 1. The van der Waals surface area contributed by atoms with Crippen molar-refractivity contribution in [1.29, 1.82) is 0 Å². The molecule has 4 aromatic rings. The molecule has 3 heterocycles. The Balaban J connectivity index is 1.46. The number of amides is 1. The third-order valence-corrected chi connectivity index (χ3v) is 6.43. The second kappa shape index (κ2) is 7.99.